The molecule has 1 atom stereocenters. The minimum Gasteiger partial charge on any atom is -0.496 e. The van der Waals surface area contributed by atoms with Crippen molar-refractivity contribution in [3.8, 4) is 11.5 Å². The first-order valence-electron chi connectivity index (χ1n) is 15.6. The Balaban J connectivity index is 0.000000427. The molecule has 0 radical (unpaired) electrons. The predicted molar refractivity (Wildman–Crippen MR) is 165 cm³/mol. The van der Waals surface area contributed by atoms with Gasteiger partial charge in [-0.05, 0) is 102 Å². The molecule has 2 amide bonds. The van der Waals surface area contributed by atoms with Gasteiger partial charge in [0.15, 0.2) is 0 Å². The number of amides is 2. The van der Waals surface area contributed by atoms with Crippen molar-refractivity contribution < 1.29 is 19.1 Å². The molecule has 40 heavy (non-hydrogen) atoms. The number of piperidine rings is 2. The number of carbonyl (C=O) groups excluding carboxylic acids is 2. The van der Waals surface area contributed by atoms with E-state index in [0.29, 0.717) is 5.75 Å². The Hall–Kier alpha value is -2.76. The van der Waals surface area contributed by atoms with E-state index in [-0.39, 0.29) is 12.0 Å². The molecule has 0 unspecified atom stereocenters. The first kappa shape index (κ1) is 33.4. The van der Waals surface area contributed by atoms with Gasteiger partial charge in [-0.3, -0.25) is 4.79 Å². The first-order valence-corrected chi connectivity index (χ1v) is 15.6. The largest absolute Gasteiger partial charge is 0.496 e. The lowest BCUT2D eigenvalue weighted by molar-refractivity contribution is -0.118. The fourth-order valence-electron chi connectivity index (χ4n) is 5.60. The lowest BCUT2D eigenvalue weighted by atomic mass is 9.84. The normalized spacial score (nSPS) is 18.7. The predicted octanol–water partition coefficient (Wildman–Crippen LogP) is 8.45. The second kappa shape index (κ2) is 19.3. The SMILES string of the molecule is C=CC.CCCCCc1cc(OC)c([C@H]2C=C(C)CCC2)c(OC(=O)N2CCCCC2)c1.O=CN1CCCCC1. The number of unbranched alkanes of at least 4 members (excludes halogenated alkanes) is 2. The summed E-state index contributed by atoms with van der Waals surface area (Å²) in [6.07, 6.45) is 19.7. The van der Waals surface area contributed by atoms with Gasteiger partial charge in [-0.1, -0.05) is 37.5 Å². The summed E-state index contributed by atoms with van der Waals surface area (Å²) < 4.78 is 11.9. The Bertz CT molecular complexity index is 930. The summed E-state index contributed by atoms with van der Waals surface area (Å²) in [5.74, 6) is 1.80. The molecular formula is C34H54N2O4. The van der Waals surface area contributed by atoms with Gasteiger partial charge in [0.1, 0.15) is 11.5 Å². The highest BCUT2D eigenvalue weighted by molar-refractivity contribution is 5.72. The zero-order valence-electron chi connectivity index (χ0n) is 25.7. The van der Waals surface area contributed by atoms with Gasteiger partial charge in [-0.15, -0.1) is 6.58 Å². The van der Waals surface area contributed by atoms with Crippen LogP contribution in [0.3, 0.4) is 0 Å². The van der Waals surface area contributed by atoms with Crippen LogP contribution in [0, 0.1) is 0 Å². The van der Waals surface area contributed by atoms with Gasteiger partial charge in [0.25, 0.3) is 0 Å². The molecule has 6 heteroatoms. The van der Waals surface area contributed by atoms with Crippen LogP contribution in [0.25, 0.3) is 0 Å². The molecular weight excluding hydrogens is 500 g/mol. The molecule has 2 heterocycles. The Morgan fingerprint density at radius 1 is 1.00 bits per heavy atom. The monoisotopic (exact) mass is 554 g/mol. The summed E-state index contributed by atoms with van der Waals surface area (Å²) in [6.45, 7) is 13.2. The van der Waals surface area contributed by atoms with Gasteiger partial charge in [0, 0.05) is 37.7 Å². The topological polar surface area (TPSA) is 59.1 Å². The van der Waals surface area contributed by atoms with Crippen LogP contribution in [0.1, 0.15) is 115 Å². The number of likely N-dealkylation sites (tertiary alicyclic amines) is 2. The zero-order valence-corrected chi connectivity index (χ0v) is 25.7. The fraction of sp³-hybridized carbons (Fsp3) is 0.647. The van der Waals surface area contributed by atoms with Crippen LogP contribution in [0.5, 0.6) is 11.5 Å². The van der Waals surface area contributed by atoms with E-state index in [1.807, 2.05) is 16.7 Å². The van der Waals surface area contributed by atoms with Gasteiger partial charge in [-0.2, -0.15) is 0 Å². The second-order valence-corrected chi connectivity index (χ2v) is 11.2. The maximum atomic E-state index is 12.9. The van der Waals surface area contributed by atoms with E-state index in [1.165, 1.54) is 49.7 Å². The van der Waals surface area contributed by atoms with Crippen LogP contribution in [0.4, 0.5) is 4.79 Å². The number of rotatable bonds is 8. The molecule has 0 N–H and O–H groups in total. The summed E-state index contributed by atoms with van der Waals surface area (Å²) in [7, 11) is 1.73. The molecule has 224 valence electrons. The number of benzene rings is 1. The summed E-state index contributed by atoms with van der Waals surface area (Å²) in [6, 6.07) is 4.24. The standard InChI is InChI=1S/C25H37NO3.C6H11NO.C3H6/c1-4-5-7-12-20-17-22(28-3)24(21-13-10-11-19(2)16-21)23(18-20)29-25(27)26-14-8-6-9-15-26;8-6-7-4-2-1-3-5-7;1-3-2/h16-18,21H,4-15H2,1-3H3;6H,1-5H2;3H,1H2,2H3/t21-;;/m1../s1. The third-order valence-corrected chi connectivity index (χ3v) is 7.75. The average Bonchev–Trinajstić information content (AvgIpc) is 2.98. The summed E-state index contributed by atoms with van der Waals surface area (Å²) in [5, 5.41) is 0. The third kappa shape index (κ3) is 11.4. The van der Waals surface area contributed by atoms with Crippen molar-refractivity contribution in [3.05, 3.63) is 47.6 Å². The quantitative estimate of drug-likeness (QED) is 0.184. The molecule has 2 saturated heterocycles. The van der Waals surface area contributed by atoms with Crippen LogP contribution in [0.15, 0.2) is 36.4 Å². The number of hydrogen-bond donors (Lipinski definition) is 0. The Kier molecular flexibility index (Phi) is 16.2. The minimum atomic E-state index is -0.213. The Labute approximate surface area is 243 Å². The molecule has 0 aromatic heterocycles. The van der Waals surface area contributed by atoms with E-state index in [4.69, 9.17) is 9.47 Å². The van der Waals surface area contributed by atoms with E-state index < -0.39 is 0 Å². The molecule has 3 aliphatic rings. The van der Waals surface area contributed by atoms with E-state index in [2.05, 4.69) is 38.6 Å². The van der Waals surface area contributed by atoms with Gasteiger partial charge in [-0.25, -0.2) is 4.79 Å². The van der Waals surface area contributed by atoms with E-state index in [9.17, 15) is 9.59 Å². The number of ether oxygens (including phenoxy) is 2. The number of methoxy groups -OCH3 is 1. The minimum absolute atomic E-state index is 0.213. The van der Waals surface area contributed by atoms with Crippen LogP contribution in [0.2, 0.25) is 0 Å². The average molecular weight is 555 g/mol. The molecule has 2 aliphatic heterocycles. The highest BCUT2D eigenvalue weighted by atomic mass is 16.6. The second-order valence-electron chi connectivity index (χ2n) is 11.2. The smallest absolute Gasteiger partial charge is 0.415 e. The van der Waals surface area contributed by atoms with Crippen molar-refractivity contribution in [1.82, 2.24) is 9.80 Å². The molecule has 0 bridgehead atoms. The van der Waals surface area contributed by atoms with Gasteiger partial charge in [0.05, 0.1) is 7.11 Å². The highest BCUT2D eigenvalue weighted by Crippen LogP contribution is 2.43. The van der Waals surface area contributed by atoms with Crippen molar-refractivity contribution in [2.45, 2.75) is 110 Å². The number of allylic oxidation sites excluding steroid dienone is 3. The molecule has 2 fully saturated rings. The Morgan fingerprint density at radius 2 is 1.62 bits per heavy atom. The summed E-state index contributed by atoms with van der Waals surface area (Å²) >= 11 is 0. The first-order chi connectivity index (χ1) is 19.5. The maximum absolute atomic E-state index is 12.9. The lowest BCUT2D eigenvalue weighted by Gasteiger charge is -2.28. The van der Waals surface area contributed by atoms with Crippen molar-refractivity contribution in [2.24, 2.45) is 0 Å². The molecule has 1 aromatic rings. The van der Waals surface area contributed by atoms with Crippen molar-refractivity contribution in [3.63, 3.8) is 0 Å². The van der Waals surface area contributed by atoms with Crippen LogP contribution >= 0.6 is 0 Å². The molecule has 0 saturated carbocycles. The number of nitrogens with zero attached hydrogens (tertiary/aromatic N) is 2. The summed E-state index contributed by atoms with van der Waals surface area (Å²) in [5.41, 5.74) is 3.64. The fourth-order valence-corrected chi connectivity index (χ4v) is 5.60. The maximum Gasteiger partial charge on any atom is 0.415 e. The van der Waals surface area contributed by atoms with Gasteiger partial charge in [0.2, 0.25) is 6.41 Å². The van der Waals surface area contributed by atoms with Crippen molar-refractivity contribution in [1.29, 1.82) is 0 Å². The van der Waals surface area contributed by atoms with Crippen LogP contribution < -0.4 is 9.47 Å². The Morgan fingerprint density at radius 3 is 2.17 bits per heavy atom. The third-order valence-electron chi connectivity index (χ3n) is 7.75. The van der Waals surface area contributed by atoms with Gasteiger partial charge < -0.3 is 19.3 Å². The number of carbonyl (C=O) groups is 2. The molecule has 4 rings (SSSR count). The molecule has 6 nitrogen and oxygen atoms in total. The van der Waals surface area contributed by atoms with E-state index in [0.717, 1.165) is 88.8 Å². The highest BCUT2D eigenvalue weighted by Gasteiger charge is 2.26. The van der Waals surface area contributed by atoms with Crippen LogP contribution in [-0.4, -0.2) is 55.6 Å². The lowest BCUT2D eigenvalue weighted by Crippen LogP contribution is -2.37. The van der Waals surface area contributed by atoms with E-state index in [1.54, 1.807) is 13.2 Å². The number of hydrogen-bond acceptors (Lipinski definition) is 4. The van der Waals surface area contributed by atoms with E-state index >= 15 is 0 Å². The molecule has 1 aromatic carbocycles. The van der Waals surface area contributed by atoms with Crippen LogP contribution in [-0.2, 0) is 11.2 Å². The van der Waals surface area contributed by atoms with Crippen molar-refractivity contribution in [2.75, 3.05) is 33.3 Å². The number of aryl methyl sites for hydroxylation is 1. The summed E-state index contributed by atoms with van der Waals surface area (Å²) in [4.78, 5) is 26.7. The van der Waals surface area contributed by atoms with Crippen molar-refractivity contribution >= 4 is 12.5 Å². The molecule has 0 spiro atoms. The molecule has 1 aliphatic carbocycles. The van der Waals surface area contributed by atoms with Gasteiger partial charge >= 0.3 is 6.09 Å². The zero-order chi connectivity index (χ0) is 29.2.